The van der Waals surface area contributed by atoms with Gasteiger partial charge in [-0.1, -0.05) is 23.9 Å². The Morgan fingerprint density at radius 3 is 2.92 bits per heavy atom. The zero-order valence-electron chi connectivity index (χ0n) is 13.0. The van der Waals surface area contributed by atoms with Crippen LogP contribution >= 0.6 is 23.1 Å². The Balaban J connectivity index is 1.43. The third-order valence-corrected chi connectivity index (χ3v) is 6.93. The van der Waals surface area contributed by atoms with E-state index in [1.807, 2.05) is 36.4 Å². The number of rotatable bonds is 4. The first-order valence-electron chi connectivity index (χ1n) is 8.06. The van der Waals surface area contributed by atoms with Crippen molar-refractivity contribution in [1.29, 1.82) is 5.26 Å². The Morgan fingerprint density at radius 2 is 2.17 bits per heavy atom. The molecule has 2 fully saturated rings. The van der Waals surface area contributed by atoms with Crippen molar-refractivity contribution in [1.82, 2.24) is 10.6 Å². The quantitative estimate of drug-likeness (QED) is 0.882. The highest BCUT2D eigenvalue weighted by molar-refractivity contribution is 8.01. The normalized spacial score (nSPS) is 24.7. The first kappa shape index (κ1) is 15.7. The first-order valence-corrected chi connectivity index (χ1v) is 9.70. The topological polar surface area (TPSA) is 64.9 Å². The minimum Gasteiger partial charge on any atom is -0.347 e. The molecule has 122 valence electrons. The van der Waals surface area contributed by atoms with Crippen molar-refractivity contribution in [2.45, 2.75) is 46.5 Å². The fraction of sp³-hybridized carbons (Fsp3) is 0.333. The molecule has 2 aliphatic heterocycles. The lowest BCUT2D eigenvalue weighted by Crippen LogP contribution is -2.42. The summed E-state index contributed by atoms with van der Waals surface area (Å²) in [6.07, 6.45) is 3.43. The van der Waals surface area contributed by atoms with Crippen molar-refractivity contribution in [3.63, 3.8) is 0 Å². The predicted molar refractivity (Wildman–Crippen MR) is 95.4 cm³/mol. The van der Waals surface area contributed by atoms with Gasteiger partial charge in [0.05, 0.1) is 14.6 Å². The standard InChI is InChI=1S/C18H17N3OS2/c19-10-11-3-1-2-4-15(11)23-17-8-7-16(24-17)18(22)21-14-9-12-5-6-13(14)20-12/h1-4,7-8,12-14,20H,5-6,9H2,(H,21,22)/t12-,13+,14-/m1/s1. The summed E-state index contributed by atoms with van der Waals surface area (Å²) in [6.45, 7) is 0. The van der Waals surface area contributed by atoms with Crippen LogP contribution < -0.4 is 10.6 Å². The van der Waals surface area contributed by atoms with E-state index in [1.54, 1.807) is 0 Å². The average Bonchev–Trinajstić information content (AvgIpc) is 3.32. The summed E-state index contributed by atoms with van der Waals surface area (Å²) in [7, 11) is 0. The molecule has 0 aliphatic carbocycles. The lowest BCUT2D eigenvalue weighted by atomic mass is 9.95. The van der Waals surface area contributed by atoms with Gasteiger partial charge in [-0.25, -0.2) is 0 Å². The molecule has 1 amide bonds. The van der Waals surface area contributed by atoms with Crippen LogP contribution in [0.2, 0.25) is 0 Å². The van der Waals surface area contributed by atoms with Crippen molar-refractivity contribution in [2.24, 2.45) is 0 Å². The number of carbonyl (C=O) groups is 1. The van der Waals surface area contributed by atoms with Gasteiger partial charge in [0.25, 0.3) is 5.91 Å². The van der Waals surface area contributed by atoms with Gasteiger partial charge in [0, 0.05) is 23.0 Å². The van der Waals surface area contributed by atoms with Gasteiger partial charge in [0.2, 0.25) is 0 Å². The Bertz CT molecular complexity index is 811. The summed E-state index contributed by atoms with van der Waals surface area (Å²) >= 11 is 3.02. The minimum absolute atomic E-state index is 0.0137. The van der Waals surface area contributed by atoms with Gasteiger partial charge in [-0.3, -0.25) is 4.79 Å². The number of nitriles is 1. The number of amides is 1. The van der Waals surface area contributed by atoms with Crippen LogP contribution in [-0.4, -0.2) is 24.0 Å². The highest BCUT2D eigenvalue weighted by Gasteiger charge is 2.39. The smallest absolute Gasteiger partial charge is 0.261 e. The summed E-state index contributed by atoms with van der Waals surface area (Å²) in [4.78, 5) is 14.1. The lowest BCUT2D eigenvalue weighted by molar-refractivity contribution is 0.0935. The maximum absolute atomic E-state index is 12.5. The van der Waals surface area contributed by atoms with Crippen LogP contribution in [0.15, 0.2) is 45.5 Å². The number of hydrogen-bond donors (Lipinski definition) is 2. The average molecular weight is 355 g/mol. The van der Waals surface area contributed by atoms with E-state index in [0.717, 1.165) is 26.8 Å². The molecule has 0 saturated carbocycles. The highest BCUT2D eigenvalue weighted by atomic mass is 32.2. The second kappa shape index (κ2) is 6.60. The number of nitrogens with zero attached hydrogens (tertiary/aromatic N) is 1. The van der Waals surface area contributed by atoms with Crippen LogP contribution in [-0.2, 0) is 0 Å². The molecular formula is C18H17N3OS2. The van der Waals surface area contributed by atoms with Gasteiger partial charge in [0.15, 0.2) is 0 Å². The molecule has 1 aromatic carbocycles. The van der Waals surface area contributed by atoms with E-state index < -0.39 is 0 Å². The molecule has 2 saturated heterocycles. The highest BCUT2D eigenvalue weighted by Crippen LogP contribution is 2.35. The molecule has 24 heavy (non-hydrogen) atoms. The molecule has 2 N–H and O–H groups in total. The van der Waals surface area contributed by atoms with E-state index in [9.17, 15) is 10.1 Å². The monoisotopic (exact) mass is 355 g/mol. The first-order chi connectivity index (χ1) is 11.7. The maximum atomic E-state index is 12.5. The van der Waals surface area contributed by atoms with Crippen molar-refractivity contribution >= 4 is 29.0 Å². The van der Waals surface area contributed by atoms with E-state index in [1.165, 1.54) is 29.5 Å². The third-order valence-electron chi connectivity index (χ3n) is 4.64. The van der Waals surface area contributed by atoms with Crippen LogP contribution in [0.5, 0.6) is 0 Å². The molecule has 4 rings (SSSR count). The molecule has 4 nitrogen and oxygen atoms in total. The van der Waals surface area contributed by atoms with E-state index in [0.29, 0.717) is 17.6 Å². The van der Waals surface area contributed by atoms with Crippen molar-refractivity contribution in [3.8, 4) is 6.07 Å². The molecule has 1 aromatic heterocycles. The SMILES string of the molecule is N#Cc1ccccc1Sc1ccc(C(=O)N[C@@H]2C[C@H]3CC[C@@H]2N3)s1. The molecule has 0 radical (unpaired) electrons. The molecule has 0 unspecified atom stereocenters. The van der Waals surface area contributed by atoms with Crippen molar-refractivity contribution < 1.29 is 4.79 Å². The van der Waals surface area contributed by atoms with Gasteiger partial charge < -0.3 is 10.6 Å². The summed E-state index contributed by atoms with van der Waals surface area (Å²) in [5.41, 5.74) is 0.662. The van der Waals surface area contributed by atoms with Gasteiger partial charge >= 0.3 is 0 Å². The molecule has 3 atom stereocenters. The summed E-state index contributed by atoms with van der Waals surface area (Å²) in [6, 6.07) is 14.8. The zero-order chi connectivity index (χ0) is 16.5. The molecule has 0 spiro atoms. The fourth-order valence-corrected chi connectivity index (χ4v) is 5.55. The number of carbonyl (C=O) groups excluding carboxylic acids is 1. The van der Waals surface area contributed by atoms with Crippen LogP contribution in [0, 0.1) is 11.3 Å². The molecule has 2 aromatic rings. The van der Waals surface area contributed by atoms with Crippen molar-refractivity contribution in [2.75, 3.05) is 0 Å². The summed E-state index contributed by atoms with van der Waals surface area (Å²) in [5.74, 6) is 0.0137. The van der Waals surface area contributed by atoms with Gasteiger partial charge in [-0.2, -0.15) is 5.26 Å². The van der Waals surface area contributed by atoms with E-state index in [4.69, 9.17) is 0 Å². The maximum Gasteiger partial charge on any atom is 0.261 e. The van der Waals surface area contributed by atoms with E-state index in [2.05, 4.69) is 16.7 Å². The third kappa shape index (κ3) is 3.07. The number of thiophene rings is 1. The van der Waals surface area contributed by atoms with E-state index in [-0.39, 0.29) is 11.9 Å². The predicted octanol–water partition coefficient (Wildman–Crippen LogP) is 3.39. The Kier molecular flexibility index (Phi) is 4.31. The minimum atomic E-state index is 0.0137. The second-order valence-electron chi connectivity index (χ2n) is 6.19. The van der Waals surface area contributed by atoms with Gasteiger partial charge in [-0.15, -0.1) is 11.3 Å². The van der Waals surface area contributed by atoms with Crippen molar-refractivity contribution in [3.05, 3.63) is 46.8 Å². The molecule has 3 heterocycles. The van der Waals surface area contributed by atoms with Crippen LogP contribution in [0.3, 0.4) is 0 Å². The van der Waals surface area contributed by atoms with Crippen LogP contribution in [0.4, 0.5) is 0 Å². The summed E-state index contributed by atoms with van der Waals surface area (Å²) in [5, 5.41) is 15.9. The second-order valence-corrected chi connectivity index (χ2v) is 8.62. The lowest BCUT2D eigenvalue weighted by Gasteiger charge is -2.20. The number of fused-ring (bicyclic) bond motifs is 2. The molecule has 6 heteroatoms. The Labute approximate surface area is 149 Å². The number of benzene rings is 1. The zero-order valence-corrected chi connectivity index (χ0v) is 14.6. The van der Waals surface area contributed by atoms with Gasteiger partial charge in [-0.05, 0) is 43.5 Å². The largest absolute Gasteiger partial charge is 0.347 e. The fourth-order valence-electron chi connectivity index (χ4n) is 3.48. The summed E-state index contributed by atoms with van der Waals surface area (Å²) < 4.78 is 1.02. The van der Waals surface area contributed by atoms with Gasteiger partial charge in [0.1, 0.15) is 6.07 Å². The van der Waals surface area contributed by atoms with E-state index >= 15 is 0 Å². The molecular weight excluding hydrogens is 338 g/mol. The van der Waals surface area contributed by atoms with Crippen LogP contribution in [0.1, 0.15) is 34.5 Å². The Morgan fingerprint density at radius 1 is 1.29 bits per heavy atom. The molecule has 2 bridgehead atoms. The number of nitrogens with one attached hydrogen (secondary N) is 2. The van der Waals surface area contributed by atoms with Crippen LogP contribution in [0.25, 0.3) is 0 Å². The Hall–Kier alpha value is -1.81. The molecule has 2 aliphatic rings. The number of hydrogen-bond acceptors (Lipinski definition) is 5.